The number of nitrogens with one attached hydrogen (secondary N) is 2. The zero-order valence-corrected chi connectivity index (χ0v) is 18.8. The number of urea groups is 1. The zero-order chi connectivity index (χ0) is 23.0. The van der Waals surface area contributed by atoms with Crippen LogP contribution in [0, 0.1) is 12.8 Å². The lowest BCUT2D eigenvalue weighted by atomic mass is 10.1. The van der Waals surface area contributed by atoms with Crippen LogP contribution in [-0.2, 0) is 24.3 Å². The van der Waals surface area contributed by atoms with Gasteiger partial charge in [-0.15, -0.1) is 0 Å². The molecule has 0 saturated carbocycles. The third-order valence-corrected chi connectivity index (χ3v) is 6.53. The number of ether oxygens (including phenoxy) is 2. The molecule has 10 nitrogen and oxygen atoms in total. The molecule has 0 bridgehead atoms. The number of carbonyl (C=O) groups excluding carboxylic acids is 3. The van der Waals surface area contributed by atoms with Gasteiger partial charge in [0.2, 0.25) is 10.0 Å². The van der Waals surface area contributed by atoms with Gasteiger partial charge in [0.25, 0.3) is 5.91 Å². The van der Waals surface area contributed by atoms with E-state index in [1.807, 2.05) is 13.8 Å². The van der Waals surface area contributed by atoms with Crippen molar-refractivity contribution in [1.82, 2.24) is 14.9 Å². The third kappa shape index (κ3) is 7.30. The Bertz CT molecular complexity index is 909. The number of aryl methyl sites for hydroxylation is 1. The molecule has 2 rings (SSSR count). The first-order valence-electron chi connectivity index (χ1n) is 10.0. The van der Waals surface area contributed by atoms with Gasteiger partial charge in [-0.05, 0) is 37.0 Å². The van der Waals surface area contributed by atoms with Crippen LogP contribution in [0.1, 0.15) is 36.2 Å². The summed E-state index contributed by atoms with van der Waals surface area (Å²) in [5, 5.41) is 4.61. The molecule has 0 radical (unpaired) electrons. The number of amides is 3. The van der Waals surface area contributed by atoms with Gasteiger partial charge in [0.1, 0.15) is 0 Å². The van der Waals surface area contributed by atoms with E-state index in [4.69, 9.17) is 9.47 Å². The normalized spacial score (nSPS) is 14.8. The fourth-order valence-electron chi connectivity index (χ4n) is 2.81. The van der Waals surface area contributed by atoms with Crippen molar-refractivity contribution < 1.29 is 32.3 Å². The number of sulfonamides is 1. The highest BCUT2D eigenvalue weighted by Crippen LogP contribution is 2.21. The van der Waals surface area contributed by atoms with Gasteiger partial charge in [0.15, 0.2) is 6.61 Å². The van der Waals surface area contributed by atoms with Gasteiger partial charge in [0.05, 0.1) is 23.7 Å². The van der Waals surface area contributed by atoms with Crippen LogP contribution < -0.4 is 10.6 Å². The molecule has 0 aliphatic carbocycles. The zero-order valence-electron chi connectivity index (χ0n) is 18.0. The molecular formula is C20H29N3O7S. The lowest BCUT2D eigenvalue weighted by Crippen LogP contribution is -2.42. The van der Waals surface area contributed by atoms with Gasteiger partial charge < -0.3 is 14.8 Å². The summed E-state index contributed by atoms with van der Waals surface area (Å²) in [4.78, 5) is 35.9. The standard InChI is InChI=1S/C20H29N3O7S/c1-14(2)6-7-21-20(26)22-18(24)13-30-19(25)17-12-16(5-4-15(17)3)31(27,28)23-8-10-29-11-9-23/h4-5,12,14H,6-11,13H2,1-3H3,(H2,21,22,24,26). The quantitative estimate of drug-likeness (QED) is 0.560. The number of carbonyl (C=O) groups is 3. The maximum absolute atomic E-state index is 12.8. The molecule has 1 heterocycles. The molecule has 1 fully saturated rings. The van der Waals surface area contributed by atoms with Crippen molar-refractivity contribution in [2.24, 2.45) is 5.92 Å². The van der Waals surface area contributed by atoms with E-state index in [-0.39, 0.29) is 23.5 Å². The van der Waals surface area contributed by atoms with Crippen LogP contribution in [0.2, 0.25) is 0 Å². The first-order valence-corrected chi connectivity index (χ1v) is 11.5. The molecule has 1 aromatic carbocycles. The number of hydrogen-bond donors (Lipinski definition) is 2. The molecule has 1 saturated heterocycles. The number of esters is 1. The highest BCUT2D eigenvalue weighted by molar-refractivity contribution is 7.89. The summed E-state index contributed by atoms with van der Waals surface area (Å²) in [5.41, 5.74) is 0.529. The molecular weight excluding hydrogens is 426 g/mol. The molecule has 2 N–H and O–H groups in total. The summed E-state index contributed by atoms with van der Waals surface area (Å²) < 4.78 is 37.0. The Morgan fingerprint density at radius 3 is 2.52 bits per heavy atom. The summed E-state index contributed by atoms with van der Waals surface area (Å²) in [6, 6.07) is 3.49. The lowest BCUT2D eigenvalue weighted by molar-refractivity contribution is -0.123. The summed E-state index contributed by atoms with van der Waals surface area (Å²) in [7, 11) is -3.78. The predicted octanol–water partition coefficient (Wildman–Crippen LogP) is 1.04. The molecule has 31 heavy (non-hydrogen) atoms. The molecule has 172 valence electrons. The summed E-state index contributed by atoms with van der Waals surface area (Å²) in [6.45, 7) is 6.46. The van der Waals surface area contributed by atoms with Crippen molar-refractivity contribution in [3.63, 3.8) is 0 Å². The van der Waals surface area contributed by atoms with Gasteiger partial charge in [-0.2, -0.15) is 4.31 Å². The van der Waals surface area contributed by atoms with Crippen LogP contribution in [0.5, 0.6) is 0 Å². The summed E-state index contributed by atoms with van der Waals surface area (Å²) in [5.74, 6) is -1.24. The van der Waals surface area contributed by atoms with Gasteiger partial charge in [-0.1, -0.05) is 19.9 Å². The van der Waals surface area contributed by atoms with Crippen molar-refractivity contribution in [2.75, 3.05) is 39.5 Å². The van der Waals surface area contributed by atoms with E-state index in [0.717, 1.165) is 6.42 Å². The molecule has 1 aliphatic rings. The van der Waals surface area contributed by atoms with Crippen molar-refractivity contribution in [3.8, 4) is 0 Å². The second-order valence-corrected chi connectivity index (χ2v) is 9.49. The minimum absolute atomic E-state index is 0.0310. The fraction of sp³-hybridized carbons (Fsp3) is 0.550. The third-order valence-electron chi connectivity index (χ3n) is 4.63. The van der Waals surface area contributed by atoms with Crippen molar-refractivity contribution in [1.29, 1.82) is 0 Å². The van der Waals surface area contributed by atoms with Crippen LogP contribution in [0.3, 0.4) is 0 Å². The van der Waals surface area contributed by atoms with Gasteiger partial charge in [-0.3, -0.25) is 10.1 Å². The smallest absolute Gasteiger partial charge is 0.338 e. The monoisotopic (exact) mass is 455 g/mol. The van der Waals surface area contributed by atoms with Crippen molar-refractivity contribution in [2.45, 2.75) is 32.1 Å². The van der Waals surface area contributed by atoms with Crippen LogP contribution in [0.15, 0.2) is 23.1 Å². The molecule has 0 aromatic heterocycles. The first kappa shape index (κ1) is 24.8. The van der Waals surface area contributed by atoms with E-state index in [1.54, 1.807) is 6.92 Å². The minimum Gasteiger partial charge on any atom is -0.452 e. The molecule has 0 spiro atoms. The minimum atomic E-state index is -3.78. The first-order chi connectivity index (χ1) is 14.6. The van der Waals surface area contributed by atoms with E-state index < -0.39 is 34.5 Å². The number of nitrogens with zero attached hydrogens (tertiary/aromatic N) is 1. The number of hydrogen-bond acceptors (Lipinski definition) is 7. The van der Waals surface area contributed by atoms with E-state index in [1.165, 1.54) is 22.5 Å². The van der Waals surface area contributed by atoms with Gasteiger partial charge in [-0.25, -0.2) is 18.0 Å². The van der Waals surface area contributed by atoms with Crippen molar-refractivity contribution in [3.05, 3.63) is 29.3 Å². The predicted molar refractivity (Wildman–Crippen MR) is 112 cm³/mol. The van der Waals surface area contributed by atoms with Gasteiger partial charge >= 0.3 is 12.0 Å². The Labute approximate surface area is 182 Å². The number of morpholine rings is 1. The average Bonchev–Trinajstić information content (AvgIpc) is 2.72. The number of rotatable bonds is 8. The number of benzene rings is 1. The van der Waals surface area contributed by atoms with Crippen LogP contribution in [0.25, 0.3) is 0 Å². The van der Waals surface area contributed by atoms with E-state index in [2.05, 4.69) is 10.6 Å². The molecule has 0 atom stereocenters. The molecule has 1 aromatic rings. The van der Waals surface area contributed by atoms with Crippen molar-refractivity contribution >= 4 is 27.9 Å². The molecule has 1 aliphatic heterocycles. The van der Waals surface area contributed by atoms with Gasteiger partial charge in [0, 0.05) is 19.6 Å². The Balaban J connectivity index is 1.96. The highest BCUT2D eigenvalue weighted by Gasteiger charge is 2.27. The molecule has 11 heteroatoms. The second-order valence-electron chi connectivity index (χ2n) is 7.56. The highest BCUT2D eigenvalue weighted by atomic mass is 32.2. The summed E-state index contributed by atoms with van der Waals surface area (Å²) >= 11 is 0. The Hall–Kier alpha value is -2.50. The Morgan fingerprint density at radius 2 is 1.87 bits per heavy atom. The summed E-state index contributed by atoms with van der Waals surface area (Å²) in [6.07, 6.45) is 0.763. The maximum atomic E-state index is 12.8. The van der Waals surface area contributed by atoms with Crippen LogP contribution >= 0.6 is 0 Å². The van der Waals surface area contributed by atoms with Crippen LogP contribution in [-0.4, -0.2) is 70.1 Å². The average molecular weight is 456 g/mol. The molecule has 0 unspecified atom stereocenters. The Morgan fingerprint density at radius 1 is 1.19 bits per heavy atom. The largest absolute Gasteiger partial charge is 0.452 e. The maximum Gasteiger partial charge on any atom is 0.338 e. The SMILES string of the molecule is Cc1ccc(S(=O)(=O)N2CCOCC2)cc1C(=O)OCC(=O)NC(=O)NCCC(C)C. The second kappa shape index (κ2) is 11.2. The Kier molecular flexibility index (Phi) is 8.96. The lowest BCUT2D eigenvalue weighted by Gasteiger charge is -2.26. The van der Waals surface area contributed by atoms with E-state index >= 15 is 0 Å². The van der Waals surface area contributed by atoms with Crippen LogP contribution in [0.4, 0.5) is 4.79 Å². The molecule has 3 amide bonds. The van der Waals surface area contributed by atoms with E-state index in [9.17, 15) is 22.8 Å². The fourth-order valence-corrected chi connectivity index (χ4v) is 4.24. The topological polar surface area (TPSA) is 131 Å². The number of imide groups is 1. The van der Waals surface area contributed by atoms with E-state index in [0.29, 0.717) is 31.2 Å².